The van der Waals surface area contributed by atoms with Crippen LogP contribution in [0.4, 0.5) is 8.78 Å². The fraction of sp³-hybridized carbons (Fsp3) is 0. The zero-order valence-corrected chi connectivity index (χ0v) is 8.84. The van der Waals surface area contributed by atoms with Gasteiger partial charge >= 0.3 is 0 Å². The van der Waals surface area contributed by atoms with Gasteiger partial charge in [0.25, 0.3) is 5.91 Å². The summed E-state index contributed by atoms with van der Waals surface area (Å²) in [5.41, 5.74) is 0. The first-order chi connectivity index (χ1) is 5.66. The molecule has 5 heteroatoms. The van der Waals surface area contributed by atoms with Crippen LogP contribution in [0.3, 0.4) is 0 Å². The number of benzene rings is 1. The van der Waals surface area contributed by atoms with Crippen molar-refractivity contribution in [2.24, 2.45) is 4.99 Å². The van der Waals surface area contributed by atoms with Crippen molar-refractivity contribution in [1.29, 1.82) is 0 Å². The van der Waals surface area contributed by atoms with Gasteiger partial charge in [-0.25, -0.2) is 13.8 Å². The molecule has 0 aliphatic carbocycles. The van der Waals surface area contributed by atoms with Crippen LogP contribution in [-0.2, 0) is 4.79 Å². The number of hydrogen-bond donors (Lipinski definition) is 0. The van der Waals surface area contributed by atoms with Gasteiger partial charge < -0.3 is 0 Å². The predicted molar refractivity (Wildman–Crippen MR) is 42.4 cm³/mol. The summed E-state index contributed by atoms with van der Waals surface area (Å²) in [4.78, 5) is 14.0. The molecule has 0 atom stereocenters. The van der Waals surface area contributed by atoms with Gasteiger partial charge in [0.05, 0.1) is 0 Å². The number of amides is 1. The van der Waals surface area contributed by atoms with Crippen molar-refractivity contribution < 1.29 is 13.6 Å². The zero-order chi connectivity index (χ0) is 8.72. The van der Waals surface area contributed by atoms with Crippen molar-refractivity contribution in [3.63, 3.8) is 0 Å². The first-order valence-electron chi connectivity index (χ1n) is 3.26. The largest absolute Gasteiger partial charge is 0.271 e. The van der Waals surface area contributed by atoms with E-state index < -0.39 is 17.5 Å². The molecule has 1 aromatic carbocycles. The topological polar surface area (TPSA) is 29.4 Å². The summed E-state index contributed by atoms with van der Waals surface area (Å²) in [6.07, 6.45) is 1.10. The molecule has 1 heterocycles. The van der Waals surface area contributed by atoms with E-state index in [1.165, 1.54) is 0 Å². The van der Waals surface area contributed by atoms with E-state index in [2.05, 4.69) is 4.99 Å². The third kappa shape index (κ3) is 1.85. The Morgan fingerprint density at radius 3 is 2.62 bits per heavy atom. The summed E-state index contributed by atoms with van der Waals surface area (Å²) in [5, 5.41) is 0.138. The van der Waals surface area contributed by atoms with Gasteiger partial charge in [-0.05, 0) is 6.07 Å². The first kappa shape index (κ1) is 10.5. The van der Waals surface area contributed by atoms with Crippen LogP contribution >= 0.6 is 0 Å². The van der Waals surface area contributed by atoms with E-state index >= 15 is 0 Å². The van der Waals surface area contributed by atoms with Gasteiger partial charge in [-0.2, -0.15) is 0 Å². The van der Waals surface area contributed by atoms with E-state index in [1.807, 2.05) is 0 Å². The molecule has 0 saturated heterocycles. The molecule has 1 radical (unpaired) electrons. The van der Waals surface area contributed by atoms with Crippen LogP contribution in [0, 0.1) is 11.6 Å². The van der Waals surface area contributed by atoms with Crippen molar-refractivity contribution >= 4 is 41.5 Å². The van der Waals surface area contributed by atoms with Crippen LogP contribution in [0.15, 0.2) is 17.1 Å². The van der Waals surface area contributed by atoms with Crippen molar-refractivity contribution in [3.05, 3.63) is 34.3 Å². The number of nitrogens with zero attached hydrogens (tertiary/aromatic N) is 1. The monoisotopic (exact) mass is 190 g/mol. The second-order valence-corrected chi connectivity index (χ2v) is 2.42. The van der Waals surface area contributed by atoms with E-state index in [0.717, 1.165) is 12.1 Å². The smallest absolute Gasteiger partial charge is 0.267 e. The summed E-state index contributed by atoms with van der Waals surface area (Å²) < 4.78 is 25.4. The molecule has 2 rings (SSSR count). The number of hydrogen-bond acceptors (Lipinski definition) is 1. The first-order valence-corrected chi connectivity index (χ1v) is 3.26. The van der Waals surface area contributed by atoms with Crippen LogP contribution in [0.2, 0.25) is 0 Å². The molecule has 13 heavy (non-hydrogen) atoms. The Kier molecular flexibility index (Phi) is 2.95. The number of rotatable bonds is 0. The molecule has 61 valence electrons. The maximum Gasteiger partial charge on any atom is 0.271 e. The molecule has 1 aliphatic rings. The Morgan fingerprint density at radius 2 is 1.92 bits per heavy atom. The minimum atomic E-state index is -0.799. The fourth-order valence-electron chi connectivity index (χ4n) is 1.09. The molecule has 0 unspecified atom stereocenters. The molecule has 2 nitrogen and oxygen atoms in total. The van der Waals surface area contributed by atoms with Gasteiger partial charge in [0, 0.05) is 46.9 Å². The number of fused-ring (bicyclic) bond motifs is 1. The third-order valence-electron chi connectivity index (χ3n) is 1.56. The quantitative estimate of drug-likeness (QED) is 0.508. The molecule has 0 spiro atoms. The van der Waals surface area contributed by atoms with Crippen molar-refractivity contribution in [3.8, 4) is 0 Å². The standard InChI is InChI=1S/C8H3F2NO.Na/c9-5-1-4-2-7(12)11-8(4)6(10)3-5;/h1-3H;. The molecule has 1 aliphatic heterocycles. The van der Waals surface area contributed by atoms with Gasteiger partial charge in [-0.15, -0.1) is 0 Å². The maximum atomic E-state index is 12.8. The van der Waals surface area contributed by atoms with Gasteiger partial charge in [-0.1, -0.05) is 0 Å². The molecule has 0 N–H and O–H groups in total. The van der Waals surface area contributed by atoms with E-state index in [1.54, 1.807) is 0 Å². The summed E-state index contributed by atoms with van der Waals surface area (Å²) >= 11 is 0. The fourth-order valence-corrected chi connectivity index (χ4v) is 1.09. The molecule has 1 amide bonds. The average Bonchev–Trinajstić information content (AvgIpc) is 2.29. The van der Waals surface area contributed by atoms with E-state index in [0.29, 0.717) is 6.07 Å². The second kappa shape index (κ2) is 3.65. The van der Waals surface area contributed by atoms with Crippen LogP contribution in [-0.4, -0.2) is 35.5 Å². The molecular formula is C8H3F2NNaO. The van der Waals surface area contributed by atoms with Gasteiger partial charge in [0.2, 0.25) is 0 Å². The minimum absolute atomic E-state index is 0. The van der Waals surface area contributed by atoms with Crippen LogP contribution in [0.25, 0.3) is 6.08 Å². The summed E-state index contributed by atoms with van der Waals surface area (Å²) in [6, 6.07) is 1.78. The minimum Gasteiger partial charge on any atom is -0.267 e. The third-order valence-corrected chi connectivity index (χ3v) is 1.56. The van der Waals surface area contributed by atoms with E-state index in [9.17, 15) is 13.6 Å². The molecule has 0 bridgehead atoms. The zero-order valence-electron chi connectivity index (χ0n) is 6.84. The van der Waals surface area contributed by atoms with Crippen molar-refractivity contribution in [2.75, 3.05) is 0 Å². The van der Waals surface area contributed by atoms with Crippen LogP contribution < -0.4 is 10.6 Å². The van der Waals surface area contributed by atoms with Crippen LogP contribution in [0.5, 0.6) is 0 Å². The summed E-state index contributed by atoms with van der Waals surface area (Å²) in [5.74, 6) is -2.05. The molecule has 0 saturated carbocycles. The number of carbonyl (C=O) groups is 1. The van der Waals surface area contributed by atoms with E-state index in [4.69, 9.17) is 0 Å². The van der Waals surface area contributed by atoms with Gasteiger partial charge in [0.15, 0.2) is 5.82 Å². The summed E-state index contributed by atoms with van der Waals surface area (Å²) in [6.45, 7) is 0. The molecule has 1 aromatic rings. The SMILES string of the molecule is O=C1C=c2cc(F)cc(F)c2=N1.[Na]. The van der Waals surface area contributed by atoms with E-state index in [-0.39, 0.29) is 40.1 Å². The Bertz CT molecular complexity index is 484. The number of carbonyl (C=O) groups excluding carboxylic acids is 1. The predicted octanol–water partition coefficient (Wildman–Crippen LogP) is -0.476. The normalized spacial score (nSPS) is 12.6. The Morgan fingerprint density at radius 1 is 1.23 bits per heavy atom. The molecule has 0 aromatic heterocycles. The summed E-state index contributed by atoms with van der Waals surface area (Å²) in [7, 11) is 0. The molecular weight excluding hydrogens is 187 g/mol. The number of halogens is 2. The van der Waals surface area contributed by atoms with Crippen molar-refractivity contribution in [1.82, 2.24) is 0 Å². The van der Waals surface area contributed by atoms with Crippen LogP contribution in [0.1, 0.15) is 0 Å². The average molecular weight is 190 g/mol. The Hall–Kier alpha value is -0.580. The van der Waals surface area contributed by atoms with Gasteiger partial charge in [-0.3, -0.25) is 4.79 Å². The second-order valence-electron chi connectivity index (χ2n) is 2.42. The Labute approximate surface area is 94.3 Å². The maximum absolute atomic E-state index is 12.8. The Balaban J connectivity index is 0.000000845. The van der Waals surface area contributed by atoms with Crippen molar-refractivity contribution in [2.45, 2.75) is 0 Å². The van der Waals surface area contributed by atoms with Gasteiger partial charge in [0.1, 0.15) is 11.2 Å². The molecule has 0 fully saturated rings.